The van der Waals surface area contributed by atoms with Crippen molar-refractivity contribution in [1.29, 1.82) is 0 Å². The zero-order chi connectivity index (χ0) is 21.2. The molecule has 2 amide bonds. The lowest BCUT2D eigenvalue weighted by atomic mass is 10.1. The molecule has 6 nitrogen and oxygen atoms in total. The fraction of sp³-hybridized carbons (Fsp3) is 0.600. The molecule has 29 heavy (non-hydrogen) atoms. The van der Waals surface area contributed by atoms with Crippen LogP contribution < -0.4 is 4.90 Å². The lowest BCUT2D eigenvalue weighted by Crippen LogP contribution is -2.57. The van der Waals surface area contributed by atoms with Gasteiger partial charge in [0, 0.05) is 65.0 Å². The van der Waals surface area contributed by atoms with E-state index >= 15 is 0 Å². The molecule has 1 unspecified atom stereocenters. The molecule has 0 bridgehead atoms. The van der Waals surface area contributed by atoms with Crippen LogP contribution in [0.1, 0.15) is 19.4 Å². The Morgan fingerprint density at radius 1 is 0.931 bits per heavy atom. The van der Waals surface area contributed by atoms with Crippen LogP contribution in [0, 0.1) is 0 Å². The van der Waals surface area contributed by atoms with Gasteiger partial charge < -0.3 is 14.7 Å². The molecule has 0 radical (unpaired) electrons. The Labute approximate surface area is 168 Å². The number of anilines is 1. The summed E-state index contributed by atoms with van der Waals surface area (Å²) in [6.45, 7) is 7.93. The predicted octanol–water partition coefficient (Wildman–Crippen LogP) is 1.91. The smallest absolute Gasteiger partial charge is 0.369 e. The van der Waals surface area contributed by atoms with Gasteiger partial charge >= 0.3 is 6.18 Å². The summed E-state index contributed by atoms with van der Waals surface area (Å²) in [4.78, 5) is 31.8. The van der Waals surface area contributed by atoms with Crippen LogP contribution in [0.15, 0.2) is 24.3 Å². The summed E-state index contributed by atoms with van der Waals surface area (Å²) in [7, 11) is 0. The highest BCUT2D eigenvalue weighted by atomic mass is 19.4. The first-order chi connectivity index (χ1) is 13.7. The quantitative estimate of drug-likeness (QED) is 0.761. The normalized spacial score (nSPS) is 20.0. The van der Waals surface area contributed by atoms with Crippen LogP contribution in [0.4, 0.5) is 18.9 Å². The highest BCUT2D eigenvalue weighted by Gasteiger charge is 2.33. The first kappa shape index (κ1) is 21.4. The topological polar surface area (TPSA) is 47.1 Å². The zero-order valence-electron chi connectivity index (χ0n) is 16.8. The van der Waals surface area contributed by atoms with E-state index in [2.05, 4.69) is 4.90 Å². The van der Waals surface area contributed by atoms with Crippen LogP contribution in [-0.4, -0.2) is 84.9 Å². The molecular formula is C20H27F3N4O2. The molecule has 2 heterocycles. The van der Waals surface area contributed by atoms with E-state index in [1.165, 1.54) is 19.1 Å². The van der Waals surface area contributed by atoms with Crippen LogP contribution in [0.5, 0.6) is 0 Å². The largest absolute Gasteiger partial charge is 0.416 e. The van der Waals surface area contributed by atoms with Crippen molar-refractivity contribution in [1.82, 2.24) is 14.7 Å². The Balaban J connectivity index is 1.54. The van der Waals surface area contributed by atoms with Crippen LogP contribution in [-0.2, 0) is 15.8 Å². The Morgan fingerprint density at radius 3 is 2.07 bits per heavy atom. The molecule has 0 aliphatic carbocycles. The lowest BCUT2D eigenvalue weighted by Gasteiger charge is -2.41. The molecular weight excluding hydrogens is 385 g/mol. The number of alkyl halides is 3. The maximum absolute atomic E-state index is 12.9. The molecule has 9 heteroatoms. The van der Waals surface area contributed by atoms with E-state index in [0.717, 1.165) is 6.07 Å². The van der Waals surface area contributed by atoms with Gasteiger partial charge in [-0.05, 0) is 25.1 Å². The van der Waals surface area contributed by atoms with E-state index in [0.29, 0.717) is 58.0 Å². The summed E-state index contributed by atoms with van der Waals surface area (Å²) in [6, 6.07) is 5.08. The number of benzene rings is 1. The monoisotopic (exact) mass is 412 g/mol. The van der Waals surface area contributed by atoms with Crippen molar-refractivity contribution in [3.8, 4) is 0 Å². The molecule has 0 N–H and O–H groups in total. The second-order valence-electron chi connectivity index (χ2n) is 7.58. The molecule has 2 fully saturated rings. The van der Waals surface area contributed by atoms with Crippen molar-refractivity contribution in [2.45, 2.75) is 26.1 Å². The summed E-state index contributed by atoms with van der Waals surface area (Å²) in [5.74, 6) is 0.0663. The van der Waals surface area contributed by atoms with Gasteiger partial charge in [0.1, 0.15) is 0 Å². The van der Waals surface area contributed by atoms with Gasteiger partial charge in [-0.2, -0.15) is 13.2 Å². The van der Waals surface area contributed by atoms with Gasteiger partial charge in [0.05, 0.1) is 11.6 Å². The number of piperazine rings is 2. The first-order valence-electron chi connectivity index (χ1n) is 9.87. The lowest BCUT2D eigenvalue weighted by molar-refractivity contribution is -0.142. The third-order valence-corrected chi connectivity index (χ3v) is 5.79. The number of hydrogen-bond donors (Lipinski definition) is 0. The van der Waals surface area contributed by atoms with Gasteiger partial charge in [-0.25, -0.2) is 0 Å². The van der Waals surface area contributed by atoms with Crippen LogP contribution in [0.25, 0.3) is 0 Å². The summed E-state index contributed by atoms with van der Waals surface area (Å²) >= 11 is 0. The number of carbonyl (C=O) groups excluding carboxylic acids is 2. The number of nitrogens with zero attached hydrogens (tertiary/aromatic N) is 4. The van der Waals surface area contributed by atoms with Crippen LogP contribution in [0.2, 0.25) is 0 Å². The van der Waals surface area contributed by atoms with Crippen molar-refractivity contribution >= 4 is 17.5 Å². The average Bonchev–Trinajstić information content (AvgIpc) is 2.72. The summed E-state index contributed by atoms with van der Waals surface area (Å²) < 4.78 is 38.8. The molecule has 2 saturated heterocycles. The van der Waals surface area contributed by atoms with Gasteiger partial charge in [-0.15, -0.1) is 0 Å². The zero-order valence-corrected chi connectivity index (χ0v) is 16.8. The minimum atomic E-state index is -4.36. The highest BCUT2D eigenvalue weighted by Crippen LogP contribution is 2.32. The molecule has 3 rings (SSSR count). The molecule has 1 aromatic carbocycles. The van der Waals surface area contributed by atoms with Crippen molar-refractivity contribution in [2.75, 3.05) is 57.3 Å². The molecule has 2 aliphatic heterocycles. The molecule has 0 spiro atoms. The fourth-order valence-electron chi connectivity index (χ4n) is 3.91. The minimum Gasteiger partial charge on any atom is -0.369 e. The van der Waals surface area contributed by atoms with E-state index < -0.39 is 11.7 Å². The summed E-state index contributed by atoms with van der Waals surface area (Å²) in [5, 5.41) is 0. The van der Waals surface area contributed by atoms with Gasteiger partial charge in [-0.1, -0.05) is 6.07 Å². The molecule has 2 aliphatic rings. The van der Waals surface area contributed by atoms with E-state index in [1.54, 1.807) is 15.9 Å². The van der Waals surface area contributed by atoms with Crippen LogP contribution >= 0.6 is 0 Å². The predicted molar refractivity (Wildman–Crippen MR) is 104 cm³/mol. The minimum absolute atomic E-state index is 0.0239. The standard InChI is InChI=1S/C20H27F3N4O2/c1-15(19(29)27-12-8-25(9-13-27)16(2)28)24-6-10-26(11-7-24)18-5-3-4-17(14-18)20(21,22)23/h3-5,14-15H,6-13H2,1-2H3. The number of rotatable bonds is 3. The van der Waals surface area contributed by atoms with Gasteiger partial charge in [0.25, 0.3) is 0 Å². The van der Waals surface area contributed by atoms with Gasteiger partial charge in [0.15, 0.2) is 0 Å². The third-order valence-electron chi connectivity index (χ3n) is 5.79. The number of carbonyl (C=O) groups is 2. The Bertz CT molecular complexity index is 739. The fourth-order valence-corrected chi connectivity index (χ4v) is 3.91. The Morgan fingerprint density at radius 2 is 1.52 bits per heavy atom. The van der Waals surface area contributed by atoms with E-state index in [4.69, 9.17) is 0 Å². The maximum Gasteiger partial charge on any atom is 0.416 e. The number of halogens is 3. The van der Waals surface area contributed by atoms with Crippen molar-refractivity contribution in [3.63, 3.8) is 0 Å². The van der Waals surface area contributed by atoms with Crippen LogP contribution in [0.3, 0.4) is 0 Å². The molecule has 160 valence electrons. The number of amides is 2. The molecule has 0 saturated carbocycles. The van der Waals surface area contributed by atoms with Gasteiger partial charge in [-0.3, -0.25) is 14.5 Å². The SMILES string of the molecule is CC(=O)N1CCN(C(=O)C(C)N2CCN(c3cccc(C(F)(F)F)c3)CC2)CC1. The first-order valence-corrected chi connectivity index (χ1v) is 9.87. The van der Waals surface area contributed by atoms with Gasteiger partial charge in [0.2, 0.25) is 11.8 Å². The molecule has 0 aromatic heterocycles. The maximum atomic E-state index is 12.9. The van der Waals surface area contributed by atoms with E-state index in [9.17, 15) is 22.8 Å². The van der Waals surface area contributed by atoms with E-state index in [1.807, 2.05) is 11.8 Å². The molecule has 1 aromatic rings. The van der Waals surface area contributed by atoms with E-state index in [-0.39, 0.29) is 17.9 Å². The second kappa shape index (κ2) is 8.61. The van der Waals surface area contributed by atoms with Crippen molar-refractivity contribution in [3.05, 3.63) is 29.8 Å². The summed E-state index contributed by atoms with van der Waals surface area (Å²) in [6.07, 6.45) is -4.36. The summed E-state index contributed by atoms with van der Waals surface area (Å²) in [5.41, 5.74) is -0.0931. The van der Waals surface area contributed by atoms with Crippen molar-refractivity contribution in [2.24, 2.45) is 0 Å². The van der Waals surface area contributed by atoms with Crippen molar-refractivity contribution < 1.29 is 22.8 Å². The second-order valence-corrected chi connectivity index (χ2v) is 7.58. The number of hydrogen-bond acceptors (Lipinski definition) is 4. The average molecular weight is 412 g/mol. The Kier molecular flexibility index (Phi) is 6.36. The molecule has 1 atom stereocenters. The Hall–Kier alpha value is -2.29. The highest BCUT2D eigenvalue weighted by molar-refractivity contribution is 5.82. The third kappa shape index (κ3) is 5.01.